The molecule has 128 valence electrons. The van der Waals surface area contributed by atoms with Gasteiger partial charge in [-0.3, -0.25) is 0 Å². The Labute approximate surface area is 129 Å². The first-order chi connectivity index (χ1) is 10.0. The predicted molar refractivity (Wildman–Crippen MR) is 75.8 cm³/mol. The van der Waals surface area contributed by atoms with Crippen LogP contribution in [-0.4, -0.2) is 42.0 Å². The van der Waals surface area contributed by atoms with E-state index < -0.39 is 23.7 Å². The summed E-state index contributed by atoms with van der Waals surface area (Å²) in [7, 11) is 0. The zero-order chi connectivity index (χ0) is 17.4. The van der Waals surface area contributed by atoms with Crippen molar-refractivity contribution in [3.8, 4) is 0 Å². The maximum absolute atomic E-state index is 11.2. The third-order valence-corrected chi connectivity index (χ3v) is 2.57. The lowest BCUT2D eigenvalue weighted by molar-refractivity contribution is -0.512. The van der Waals surface area contributed by atoms with Crippen molar-refractivity contribution < 1.29 is 38.7 Å². The van der Waals surface area contributed by atoms with Crippen molar-refractivity contribution in [1.29, 1.82) is 0 Å². The van der Waals surface area contributed by atoms with Gasteiger partial charge < -0.3 is 19.3 Å². The lowest BCUT2D eigenvalue weighted by Crippen LogP contribution is -2.41. The number of carbonyl (C=O) groups is 2. The van der Waals surface area contributed by atoms with Crippen LogP contribution in [0.15, 0.2) is 12.2 Å². The Balaban J connectivity index is 4.46. The molecule has 1 N–H and O–H groups in total. The van der Waals surface area contributed by atoms with Crippen LogP contribution in [-0.2, 0) is 28.8 Å². The summed E-state index contributed by atoms with van der Waals surface area (Å²) in [5.74, 6) is -2.55. The van der Waals surface area contributed by atoms with E-state index in [0.29, 0.717) is 6.42 Å². The van der Waals surface area contributed by atoms with Gasteiger partial charge in [-0.15, -0.1) is 0 Å². The maximum Gasteiger partial charge on any atom is 0.510 e. The van der Waals surface area contributed by atoms with Crippen LogP contribution in [0.1, 0.15) is 41.0 Å². The molecule has 0 radical (unpaired) electrons. The van der Waals surface area contributed by atoms with Crippen LogP contribution < -0.4 is 0 Å². The molecule has 0 rings (SSSR count). The number of hydrogen-bond donors (Lipinski definition) is 1. The quantitative estimate of drug-likeness (QED) is 0.164. The molecule has 0 aromatic heterocycles. The highest BCUT2D eigenvalue weighted by Gasteiger charge is 2.35. The lowest BCUT2D eigenvalue weighted by Gasteiger charge is -2.30. The van der Waals surface area contributed by atoms with Crippen molar-refractivity contribution in [2.75, 3.05) is 13.2 Å². The van der Waals surface area contributed by atoms with Gasteiger partial charge in [-0.05, 0) is 27.2 Å². The van der Waals surface area contributed by atoms with Crippen LogP contribution >= 0.6 is 0 Å². The standard InChI is InChI=1S/C14H24O8/c1-7-13(4,5)21-22-14(6,20-12(16)17)19-9-8-18-11(15)10(2)3/h2,7-9H2,1,3-6H3,(H,16,17). The maximum atomic E-state index is 11.2. The molecule has 0 bridgehead atoms. The topological polar surface area (TPSA) is 101 Å². The summed E-state index contributed by atoms with van der Waals surface area (Å²) in [5, 5.41) is 8.72. The van der Waals surface area contributed by atoms with Gasteiger partial charge in [0, 0.05) is 12.5 Å². The molecule has 8 heteroatoms. The lowest BCUT2D eigenvalue weighted by atomic mass is 10.1. The van der Waals surface area contributed by atoms with Crippen LogP contribution in [0.25, 0.3) is 0 Å². The van der Waals surface area contributed by atoms with E-state index in [-0.39, 0.29) is 18.8 Å². The molecule has 0 aliphatic carbocycles. The highest BCUT2D eigenvalue weighted by atomic mass is 17.3. The Bertz CT molecular complexity index is 404. The number of ether oxygens (including phenoxy) is 3. The molecule has 8 nitrogen and oxygen atoms in total. The molecule has 22 heavy (non-hydrogen) atoms. The van der Waals surface area contributed by atoms with E-state index in [1.165, 1.54) is 13.8 Å². The van der Waals surface area contributed by atoms with E-state index in [1.807, 2.05) is 6.92 Å². The molecule has 0 fully saturated rings. The van der Waals surface area contributed by atoms with E-state index in [2.05, 4.69) is 11.3 Å². The first-order valence-electron chi connectivity index (χ1n) is 6.76. The second-order valence-corrected chi connectivity index (χ2v) is 5.27. The van der Waals surface area contributed by atoms with Crippen LogP contribution in [0.3, 0.4) is 0 Å². The molecule has 0 saturated carbocycles. The molecule has 0 heterocycles. The number of carbonyl (C=O) groups excluding carboxylic acids is 1. The van der Waals surface area contributed by atoms with Crippen LogP contribution in [0.4, 0.5) is 4.79 Å². The average molecular weight is 320 g/mol. The fraction of sp³-hybridized carbons (Fsp3) is 0.714. The fourth-order valence-electron chi connectivity index (χ4n) is 0.961. The highest BCUT2D eigenvalue weighted by molar-refractivity contribution is 5.86. The average Bonchev–Trinajstić information content (AvgIpc) is 2.40. The summed E-state index contributed by atoms with van der Waals surface area (Å²) in [6, 6.07) is 0. The Morgan fingerprint density at radius 1 is 1.14 bits per heavy atom. The fourth-order valence-corrected chi connectivity index (χ4v) is 0.961. The van der Waals surface area contributed by atoms with Crippen molar-refractivity contribution in [1.82, 2.24) is 0 Å². The molecule has 0 aromatic rings. The van der Waals surface area contributed by atoms with E-state index >= 15 is 0 Å². The number of hydrogen-bond acceptors (Lipinski definition) is 7. The Kier molecular flexibility index (Phi) is 8.07. The summed E-state index contributed by atoms with van der Waals surface area (Å²) in [6.45, 7) is 11.3. The molecule has 0 aromatic carbocycles. The third-order valence-electron chi connectivity index (χ3n) is 2.57. The first kappa shape index (κ1) is 20.4. The van der Waals surface area contributed by atoms with Gasteiger partial charge in [0.2, 0.25) is 0 Å². The zero-order valence-electron chi connectivity index (χ0n) is 13.6. The predicted octanol–water partition coefficient (Wildman–Crippen LogP) is 2.63. The molecule has 1 unspecified atom stereocenters. The third kappa shape index (κ3) is 8.60. The molecular weight excluding hydrogens is 296 g/mol. The van der Waals surface area contributed by atoms with Gasteiger partial charge in [0.25, 0.3) is 0 Å². The largest absolute Gasteiger partial charge is 0.510 e. The van der Waals surface area contributed by atoms with E-state index in [1.54, 1.807) is 13.8 Å². The Hall–Kier alpha value is -1.64. The molecule has 0 aliphatic rings. The van der Waals surface area contributed by atoms with E-state index in [4.69, 9.17) is 24.4 Å². The zero-order valence-corrected chi connectivity index (χ0v) is 13.6. The van der Waals surface area contributed by atoms with Gasteiger partial charge in [0.15, 0.2) is 0 Å². The number of rotatable bonds is 10. The van der Waals surface area contributed by atoms with Crippen LogP contribution in [0, 0.1) is 0 Å². The second-order valence-electron chi connectivity index (χ2n) is 5.27. The first-order valence-corrected chi connectivity index (χ1v) is 6.76. The second kappa shape index (κ2) is 8.72. The minimum absolute atomic E-state index is 0.120. The number of esters is 1. The van der Waals surface area contributed by atoms with Gasteiger partial charge in [0.1, 0.15) is 6.61 Å². The minimum atomic E-state index is -1.98. The van der Waals surface area contributed by atoms with Crippen LogP contribution in [0.5, 0.6) is 0 Å². The Morgan fingerprint density at radius 3 is 2.18 bits per heavy atom. The summed E-state index contributed by atoms with van der Waals surface area (Å²) in [4.78, 5) is 32.0. The van der Waals surface area contributed by atoms with Crippen molar-refractivity contribution in [3.63, 3.8) is 0 Å². The van der Waals surface area contributed by atoms with E-state index in [9.17, 15) is 9.59 Å². The van der Waals surface area contributed by atoms with Gasteiger partial charge in [-0.2, -0.15) is 4.89 Å². The summed E-state index contributed by atoms with van der Waals surface area (Å²) in [5.41, 5.74) is -0.410. The van der Waals surface area contributed by atoms with Gasteiger partial charge in [-0.25, -0.2) is 14.5 Å². The summed E-state index contributed by atoms with van der Waals surface area (Å²) < 4.78 is 14.5. The molecule has 0 saturated heterocycles. The number of carboxylic acid groups (broad SMARTS) is 1. The molecule has 0 aliphatic heterocycles. The molecule has 1 atom stereocenters. The normalized spacial score (nSPS) is 14.0. The van der Waals surface area contributed by atoms with E-state index in [0.717, 1.165) is 0 Å². The van der Waals surface area contributed by atoms with Crippen molar-refractivity contribution in [3.05, 3.63) is 12.2 Å². The van der Waals surface area contributed by atoms with Gasteiger partial charge in [-0.1, -0.05) is 13.5 Å². The molecule has 0 amide bonds. The van der Waals surface area contributed by atoms with Crippen molar-refractivity contribution >= 4 is 12.1 Å². The molecular formula is C14H24O8. The van der Waals surface area contributed by atoms with Gasteiger partial charge >= 0.3 is 18.1 Å². The minimum Gasteiger partial charge on any atom is -0.460 e. The van der Waals surface area contributed by atoms with Gasteiger partial charge in [0.05, 0.1) is 12.2 Å². The molecule has 0 spiro atoms. The smallest absolute Gasteiger partial charge is 0.460 e. The monoisotopic (exact) mass is 320 g/mol. The summed E-state index contributed by atoms with van der Waals surface area (Å²) in [6.07, 6.45) is -0.980. The Morgan fingerprint density at radius 2 is 1.73 bits per heavy atom. The van der Waals surface area contributed by atoms with Crippen LogP contribution in [0.2, 0.25) is 0 Å². The van der Waals surface area contributed by atoms with Crippen molar-refractivity contribution in [2.24, 2.45) is 0 Å². The summed E-state index contributed by atoms with van der Waals surface area (Å²) >= 11 is 0. The SMILES string of the molecule is C=C(C)C(=O)OCCOC(C)(OOC(C)(C)CC)OC(=O)O. The van der Waals surface area contributed by atoms with Crippen molar-refractivity contribution in [2.45, 2.75) is 52.6 Å². The highest BCUT2D eigenvalue weighted by Crippen LogP contribution is 2.22.